The highest BCUT2D eigenvalue weighted by Crippen LogP contribution is 2.36. The van der Waals surface area contributed by atoms with E-state index in [1.807, 2.05) is 41.2 Å². The van der Waals surface area contributed by atoms with Crippen LogP contribution in [0.3, 0.4) is 0 Å². The van der Waals surface area contributed by atoms with Gasteiger partial charge < -0.3 is 10.1 Å². The summed E-state index contributed by atoms with van der Waals surface area (Å²) in [6, 6.07) is 20.5. The van der Waals surface area contributed by atoms with Crippen molar-refractivity contribution in [3.8, 4) is 33.6 Å². The number of aliphatic hydroxyl groups is 1. The van der Waals surface area contributed by atoms with Gasteiger partial charge in [-0.05, 0) is 48.4 Å². The number of aromatic amines is 1. The third-order valence-electron chi connectivity index (χ3n) is 5.32. The van der Waals surface area contributed by atoms with Gasteiger partial charge in [0.05, 0.1) is 11.0 Å². The van der Waals surface area contributed by atoms with E-state index in [9.17, 15) is 9.50 Å². The van der Waals surface area contributed by atoms with E-state index in [-0.39, 0.29) is 12.4 Å². The number of aliphatic hydroxyl groups excluding tert-OH is 1. The first-order chi connectivity index (χ1) is 15.2. The second kappa shape index (κ2) is 8.16. The van der Waals surface area contributed by atoms with Gasteiger partial charge in [-0.25, -0.2) is 4.39 Å². The Hall–Kier alpha value is -3.77. The van der Waals surface area contributed by atoms with E-state index in [4.69, 9.17) is 5.10 Å². The molecule has 6 heteroatoms. The molecule has 0 aliphatic heterocycles. The third kappa shape index (κ3) is 3.73. The van der Waals surface area contributed by atoms with Gasteiger partial charge in [0.2, 0.25) is 0 Å². The minimum absolute atomic E-state index is 0.0949. The first kappa shape index (κ1) is 19.2. The smallest absolute Gasteiger partial charge is 0.123 e. The second-order valence-electron chi connectivity index (χ2n) is 7.41. The minimum atomic E-state index is -0.284. The van der Waals surface area contributed by atoms with Crippen molar-refractivity contribution in [2.75, 3.05) is 6.61 Å². The topological polar surface area (TPSA) is 66.7 Å². The largest absolute Gasteiger partial charge is 0.396 e. The summed E-state index contributed by atoms with van der Waals surface area (Å²) in [5, 5.41) is 14.0. The first-order valence-corrected chi connectivity index (χ1v) is 10.2. The lowest BCUT2D eigenvalue weighted by Gasteiger charge is -2.04. The molecule has 0 saturated heterocycles. The number of halogens is 1. The number of fused-ring (bicyclic) bond motifs is 1. The zero-order valence-electron chi connectivity index (χ0n) is 16.8. The number of aryl methyl sites for hydroxylation is 1. The van der Waals surface area contributed by atoms with Crippen molar-refractivity contribution in [2.24, 2.45) is 0 Å². The van der Waals surface area contributed by atoms with Crippen LogP contribution in [0.1, 0.15) is 6.42 Å². The quantitative estimate of drug-likeness (QED) is 0.399. The van der Waals surface area contributed by atoms with Crippen LogP contribution in [-0.2, 0) is 6.54 Å². The predicted octanol–water partition coefficient (Wildman–Crippen LogP) is 5.28. The molecule has 2 N–H and O–H groups in total. The summed E-state index contributed by atoms with van der Waals surface area (Å²) >= 11 is 0. The molecule has 0 radical (unpaired) electrons. The number of nitrogens with one attached hydrogen (secondary N) is 1. The van der Waals surface area contributed by atoms with Crippen LogP contribution in [0.2, 0.25) is 0 Å². The number of hydrogen-bond donors (Lipinski definition) is 2. The Balaban J connectivity index is 1.67. The van der Waals surface area contributed by atoms with E-state index in [0.717, 1.165) is 44.7 Å². The van der Waals surface area contributed by atoms with Gasteiger partial charge in [-0.2, -0.15) is 5.10 Å². The van der Waals surface area contributed by atoms with Crippen LogP contribution < -0.4 is 0 Å². The maximum atomic E-state index is 13.5. The summed E-state index contributed by atoms with van der Waals surface area (Å²) in [6.45, 7) is 0.691. The highest BCUT2D eigenvalue weighted by atomic mass is 19.1. The van der Waals surface area contributed by atoms with Gasteiger partial charge in [-0.3, -0.25) is 9.67 Å². The number of rotatable bonds is 6. The number of nitrogens with zero attached hydrogens (tertiary/aromatic N) is 3. The van der Waals surface area contributed by atoms with Crippen LogP contribution in [0.4, 0.5) is 4.39 Å². The summed E-state index contributed by atoms with van der Waals surface area (Å²) in [7, 11) is 0. The highest BCUT2D eigenvalue weighted by molar-refractivity contribution is 5.98. The molecule has 0 saturated carbocycles. The Kier molecular flexibility index (Phi) is 5.06. The Morgan fingerprint density at radius 1 is 0.935 bits per heavy atom. The lowest BCUT2D eigenvalue weighted by molar-refractivity contribution is 0.277. The average molecular weight is 412 g/mol. The molecule has 0 fully saturated rings. The predicted molar refractivity (Wildman–Crippen MR) is 120 cm³/mol. The molecule has 0 spiro atoms. The normalized spacial score (nSPS) is 11.3. The first-order valence-electron chi connectivity index (χ1n) is 10.2. The molecule has 154 valence electrons. The number of H-pyrrole nitrogens is 1. The fourth-order valence-electron chi connectivity index (χ4n) is 3.81. The molecule has 0 bridgehead atoms. The zero-order valence-corrected chi connectivity index (χ0v) is 16.8. The van der Waals surface area contributed by atoms with E-state index >= 15 is 0 Å². The van der Waals surface area contributed by atoms with Crippen molar-refractivity contribution >= 4 is 11.0 Å². The van der Waals surface area contributed by atoms with Crippen molar-refractivity contribution in [3.63, 3.8) is 0 Å². The molecule has 0 amide bonds. The molecule has 0 atom stereocenters. The van der Waals surface area contributed by atoms with Gasteiger partial charge >= 0.3 is 0 Å². The van der Waals surface area contributed by atoms with Crippen molar-refractivity contribution in [2.45, 2.75) is 13.0 Å². The van der Waals surface area contributed by atoms with Crippen molar-refractivity contribution < 1.29 is 9.50 Å². The van der Waals surface area contributed by atoms with Crippen LogP contribution in [-0.4, -0.2) is 31.5 Å². The molecule has 3 aromatic heterocycles. The number of hydrogen-bond acceptors (Lipinski definition) is 3. The average Bonchev–Trinajstić information content (AvgIpc) is 3.43. The third-order valence-corrected chi connectivity index (χ3v) is 5.32. The van der Waals surface area contributed by atoms with Gasteiger partial charge in [0.25, 0.3) is 0 Å². The van der Waals surface area contributed by atoms with E-state index < -0.39 is 0 Å². The van der Waals surface area contributed by atoms with Gasteiger partial charge in [0, 0.05) is 47.9 Å². The van der Waals surface area contributed by atoms with Gasteiger partial charge in [0.15, 0.2) is 0 Å². The molecular weight excluding hydrogens is 391 g/mol. The van der Waals surface area contributed by atoms with Crippen molar-refractivity contribution in [3.05, 3.63) is 84.9 Å². The Morgan fingerprint density at radius 3 is 2.52 bits per heavy atom. The SMILES string of the molecule is OCCCn1cc(-c2ccnc3cc(-c4ccccc4)[nH]c23)c(-c2ccc(F)cc2)n1. The molecule has 0 aliphatic carbocycles. The van der Waals surface area contributed by atoms with Crippen LogP contribution in [0.5, 0.6) is 0 Å². The molecule has 3 heterocycles. The molecule has 31 heavy (non-hydrogen) atoms. The Labute approximate surface area is 178 Å². The van der Waals surface area contributed by atoms with Gasteiger partial charge in [-0.15, -0.1) is 0 Å². The summed E-state index contributed by atoms with van der Waals surface area (Å²) < 4.78 is 15.3. The fourth-order valence-corrected chi connectivity index (χ4v) is 3.81. The fraction of sp³-hybridized carbons (Fsp3) is 0.120. The molecule has 5 aromatic rings. The van der Waals surface area contributed by atoms with Crippen LogP contribution in [0.25, 0.3) is 44.7 Å². The zero-order chi connectivity index (χ0) is 21.2. The van der Waals surface area contributed by atoms with Crippen molar-refractivity contribution in [1.82, 2.24) is 19.7 Å². The number of pyridine rings is 1. The second-order valence-corrected chi connectivity index (χ2v) is 7.41. The minimum Gasteiger partial charge on any atom is -0.396 e. The maximum absolute atomic E-state index is 13.5. The van der Waals surface area contributed by atoms with Gasteiger partial charge in [-0.1, -0.05) is 30.3 Å². The lowest BCUT2D eigenvalue weighted by atomic mass is 10.0. The van der Waals surface area contributed by atoms with E-state index in [2.05, 4.69) is 22.1 Å². The molecule has 5 rings (SSSR count). The molecule has 5 nitrogen and oxygen atoms in total. The monoisotopic (exact) mass is 412 g/mol. The maximum Gasteiger partial charge on any atom is 0.123 e. The summed E-state index contributed by atoms with van der Waals surface area (Å²) in [5.41, 5.74) is 7.37. The van der Waals surface area contributed by atoms with Crippen LogP contribution >= 0.6 is 0 Å². The van der Waals surface area contributed by atoms with Crippen LogP contribution in [0.15, 0.2) is 79.1 Å². The standard InChI is InChI=1S/C25H21FN4O/c26-19-9-7-18(8-10-19)24-21(16-30(29-24)13-4-14-31)20-11-12-27-23-15-22(28-25(20)23)17-5-2-1-3-6-17/h1-3,5-12,15-16,28,31H,4,13-14H2. The summed E-state index contributed by atoms with van der Waals surface area (Å²) in [6.07, 6.45) is 4.38. The summed E-state index contributed by atoms with van der Waals surface area (Å²) in [4.78, 5) is 8.06. The lowest BCUT2D eigenvalue weighted by Crippen LogP contribution is -2.00. The Bertz CT molecular complexity index is 1320. The summed E-state index contributed by atoms with van der Waals surface area (Å²) in [5.74, 6) is -0.284. The molecule has 0 aliphatic rings. The molecular formula is C25H21FN4O. The Morgan fingerprint density at radius 2 is 1.74 bits per heavy atom. The molecule has 0 unspecified atom stereocenters. The van der Waals surface area contributed by atoms with E-state index in [1.165, 1.54) is 12.1 Å². The van der Waals surface area contributed by atoms with Crippen LogP contribution in [0, 0.1) is 5.82 Å². The number of aromatic nitrogens is 4. The molecule has 2 aromatic carbocycles. The van der Waals surface area contributed by atoms with E-state index in [1.54, 1.807) is 18.3 Å². The number of benzene rings is 2. The van der Waals surface area contributed by atoms with E-state index in [0.29, 0.717) is 13.0 Å². The van der Waals surface area contributed by atoms with Crippen molar-refractivity contribution in [1.29, 1.82) is 0 Å². The highest BCUT2D eigenvalue weighted by Gasteiger charge is 2.17. The van der Waals surface area contributed by atoms with Gasteiger partial charge in [0.1, 0.15) is 11.5 Å².